The largest absolute Gasteiger partial charge is 0.497 e. The third kappa shape index (κ3) is 5.51. The Balaban J connectivity index is 1.76. The first-order valence-electron chi connectivity index (χ1n) is 8.49. The van der Waals surface area contributed by atoms with E-state index in [2.05, 4.69) is 24.7 Å². The molecule has 6 heteroatoms. The highest BCUT2D eigenvalue weighted by molar-refractivity contribution is 5.95. The van der Waals surface area contributed by atoms with Crippen LogP contribution in [-0.4, -0.2) is 25.5 Å². The van der Waals surface area contributed by atoms with Gasteiger partial charge in [0, 0.05) is 5.56 Å². The van der Waals surface area contributed by atoms with Crippen molar-refractivity contribution in [1.29, 1.82) is 0 Å². The van der Waals surface area contributed by atoms with Crippen LogP contribution in [-0.2, 0) is 4.79 Å². The van der Waals surface area contributed by atoms with E-state index < -0.39 is 11.8 Å². The van der Waals surface area contributed by atoms with Crippen molar-refractivity contribution in [3.05, 3.63) is 59.7 Å². The Morgan fingerprint density at radius 2 is 1.58 bits per heavy atom. The number of amides is 2. The molecule has 0 aromatic heterocycles. The molecule has 1 unspecified atom stereocenters. The molecule has 2 amide bonds. The summed E-state index contributed by atoms with van der Waals surface area (Å²) < 4.78 is 10.5. The van der Waals surface area contributed by atoms with Gasteiger partial charge < -0.3 is 9.47 Å². The van der Waals surface area contributed by atoms with Crippen LogP contribution in [0.25, 0.3) is 0 Å². The van der Waals surface area contributed by atoms with Gasteiger partial charge in [0.2, 0.25) is 0 Å². The molecule has 2 aromatic carbocycles. The molecule has 6 nitrogen and oxygen atoms in total. The number of hydrazine groups is 1. The molecule has 0 heterocycles. The zero-order valence-electron chi connectivity index (χ0n) is 15.2. The lowest BCUT2D eigenvalue weighted by atomic mass is 9.99. The van der Waals surface area contributed by atoms with E-state index in [1.54, 1.807) is 31.4 Å². The number of rotatable bonds is 7. The molecule has 2 N–H and O–H groups in total. The molecule has 0 aliphatic heterocycles. The summed E-state index contributed by atoms with van der Waals surface area (Å²) in [5, 5.41) is 0. The highest BCUT2D eigenvalue weighted by Gasteiger charge is 2.08. The zero-order valence-corrected chi connectivity index (χ0v) is 15.2. The molecule has 1 atom stereocenters. The molecular formula is C20H24N2O4. The predicted molar refractivity (Wildman–Crippen MR) is 99.2 cm³/mol. The van der Waals surface area contributed by atoms with E-state index in [0.29, 0.717) is 23.0 Å². The Bertz CT molecular complexity index is 726. The second kappa shape index (κ2) is 9.46. The molecule has 138 valence electrons. The summed E-state index contributed by atoms with van der Waals surface area (Å²) in [7, 11) is 1.55. The van der Waals surface area contributed by atoms with Crippen LogP contribution in [0.2, 0.25) is 0 Å². The second-order valence-electron chi connectivity index (χ2n) is 5.90. The molecule has 0 radical (unpaired) electrons. The highest BCUT2D eigenvalue weighted by Crippen LogP contribution is 2.21. The van der Waals surface area contributed by atoms with Crippen molar-refractivity contribution in [2.45, 2.75) is 26.2 Å². The van der Waals surface area contributed by atoms with Gasteiger partial charge in [-0.05, 0) is 54.3 Å². The van der Waals surface area contributed by atoms with E-state index in [9.17, 15) is 9.59 Å². The number of carbonyl (C=O) groups excluding carboxylic acids is 2. The first-order chi connectivity index (χ1) is 12.5. The van der Waals surface area contributed by atoms with Crippen molar-refractivity contribution in [3.8, 4) is 11.5 Å². The van der Waals surface area contributed by atoms with Gasteiger partial charge in [-0.25, -0.2) is 0 Å². The van der Waals surface area contributed by atoms with Crippen LogP contribution < -0.4 is 20.3 Å². The molecule has 0 saturated carbocycles. The van der Waals surface area contributed by atoms with E-state index in [1.165, 1.54) is 5.56 Å². The Morgan fingerprint density at radius 3 is 2.15 bits per heavy atom. The van der Waals surface area contributed by atoms with Crippen molar-refractivity contribution in [2.24, 2.45) is 0 Å². The van der Waals surface area contributed by atoms with Crippen molar-refractivity contribution in [2.75, 3.05) is 13.7 Å². The van der Waals surface area contributed by atoms with Crippen molar-refractivity contribution >= 4 is 11.8 Å². The number of methoxy groups -OCH3 is 1. The molecule has 26 heavy (non-hydrogen) atoms. The predicted octanol–water partition coefficient (Wildman–Crippen LogP) is 3.05. The number of ether oxygens (including phenoxy) is 2. The second-order valence-corrected chi connectivity index (χ2v) is 5.90. The molecule has 2 rings (SSSR count). The van der Waals surface area contributed by atoms with Crippen LogP contribution in [0, 0.1) is 0 Å². The lowest BCUT2D eigenvalue weighted by molar-refractivity contribution is -0.123. The fourth-order valence-corrected chi connectivity index (χ4v) is 2.25. The number of hydrogen-bond donors (Lipinski definition) is 2. The van der Waals surface area contributed by atoms with Gasteiger partial charge in [-0.2, -0.15) is 0 Å². The minimum Gasteiger partial charge on any atom is -0.497 e. The van der Waals surface area contributed by atoms with E-state index in [1.807, 2.05) is 24.3 Å². The van der Waals surface area contributed by atoms with Crippen molar-refractivity contribution < 1.29 is 19.1 Å². The fourth-order valence-electron chi connectivity index (χ4n) is 2.25. The Labute approximate surface area is 153 Å². The third-order valence-corrected chi connectivity index (χ3v) is 4.10. The van der Waals surface area contributed by atoms with Crippen LogP contribution in [0.1, 0.15) is 42.1 Å². The number of carbonyl (C=O) groups is 2. The van der Waals surface area contributed by atoms with Crippen molar-refractivity contribution in [3.63, 3.8) is 0 Å². The normalized spacial score (nSPS) is 11.3. The maximum atomic E-state index is 11.9. The molecule has 2 aromatic rings. The number of nitrogens with one attached hydrogen (secondary N) is 2. The molecular weight excluding hydrogens is 332 g/mol. The van der Waals surface area contributed by atoms with Crippen LogP contribution in [0.4, 0.5) is 0 Å². The average molecular weight is 356 g/mol. The minimum atomic E-state index is -0.446. The third-order valence-electron chi connectivity index (χ3n) is 4.10. The first kappa shape index (κ1) is 19.3. The average Bonchev–Trinajstić information content (AvgIpc) is 2.70. The molecule has 0 spiro atoms. The lowest BCUT2D eigenvalue weighted by Crippen LogP contribution is -2.43. The SMILES string of the molecule is CCC(C)c1ccc(OCC(=O)NNC(=O)c2ccc(OC)cc2)cc1. The zero-order chi connectivity index (χ0) is 18.9. The summed E-state index contributed by atoms with van der Waals surface area (Å²) in [5.41, 5.74) is 6.31. The topological polar surface area (TPSA) is 76.7 Å². The Morgan fingerprint density at radius 1 is 0.962 bits per heavy atom. The first-order valence-corrected chi connectivity index (χ1v) is 8.49. The molecule has 0 fully saturated rings. The summed E-state index contributed by atoms with van der Waals surface area (Å²) in [5.74, 6) is 0.879. The van der Waals surface area contributed by atoms with E-state index >= 15 is 0 Å². The summed E-state index contributed by atoms with van der Waals surface area (Å²) in [6.07, 6.45) is 1.07. The van der Waals surface area contributed by atoms with Gasteiger partial charge in [0.25, 0.3) is 11.8 Å². The monoisotopic (exact) mass is 356 g/mol. The maximum Gasteiger partial charge on any atom is 0.276 e. The molecule has 0 aliphatic carbocycles. The van der Waals surface area contributed by atoms with Crippen molar-refractivity contribution in [1.82, 2.24) is 10.9 Å². The summed E-state index contributed by atoms with van der Waals surface area (Å²) in [4.78, 5) is 23.7. The van der Waals surface area contributed by atoms with Gasteiger partial charge in [-0.1, -0.05) is 26.0 Å². The van der Waals surface area contributed by atoms with E-state index in [-0.39, 0.29) is 6.61 Å². The van der Waals surface area contributed by atoms with Gasteiger partial charge >= 0.3 is 0 Å². The molecule has 0 bridgehead atoms. The Hall–Kier alpha value is -3.02. The molecule has 0 aliphatic rings. The summed E-state index contributed by atoms with van der Waals surface area (Å²) in [6.45, 7) is 4.11. The van der Waals surface area contributed by atoms with Gasteiger partial charge in [-0.3, -0.25) is 20.4 Å². The number of benzene rings is 2. The smallest absolute Gasteiger partial charge is 0.276 e. The van der Waals surface area contributed by atoms with Gasteiger partial charge in [-0.15, -0.1) is 0 Å². The van der Waals surface area contributed by atoms with Gasteiger partial charge in [0.05, 0.1) is 7.11 Å². The fraction of sp³-hybridized carbons (Fsp3) is 0.300. The standard InChI is InChI=1S/C20H24N2O4/c1-4-14(2)15-5-11-18(12-6-15)26-13-19(23)21-22-20(24)16-7-9-17(25-3)10-8-16/h5-12,14H,4,13H2,1-3H3,(H,21,23)(H,22,24). The minimum absolute atomic E-state index is 0.189. The highest BCUT2D eigenvalue weighted by atomic mass is 16.5. The van der Waals surface area contributed by atoms with E-state index in [0.717, 1.165) is 6.42 Å². The van der Waals surface area contributed by atoms with Gasteiger partial charge in [0.15, 0.2) is 6.61 Å². The molecule has 0 saturated heterocycles. The maximum absolute atomic E-state index is 11.9. The van der Waals surface area contributed by atoms with E-state index in [4.69, 9.17) is 9.47 Å². The Kier molecular flexibility index (Phi) is 7.02. The quantitative estimate of drug-likeness (QED) is 0.748. The number of hydrogen-bond acceptors (Lipinski definition) is 4. The van der Waals surface area contributed by atoms with Gasteiger partial charge in [0.1, 0.15) is 11.5 Å². The van der Waals surface area contributed by atoms with Crippen LogP contribution in [0.3, 0.4) is 0 Å². The van der Waals surface area contributed by atoms with Crippen LogP contribution in [0.5, 0.6) is 11.5 Å². The van der Waals surface area contributed by atoms with Crippen LogP contribution >= 0.6 is 0 Å². The summed E-state index contributed by atoms with van der Waals surface area (Å²) in [6, 6.07) is 14.2. The summed E-state index contributed by atoms with van der Waals surface area (Å²) >= 11 is 0. The van der Waals surface area contributed by atoms with Crippen LogP contribution in [0.15, 0.2) is 48.5 Å². The lowest BCUT2D eigenvalue weighted by Gasteiger charge is -2.11.